The molecule has 1 amide bonds. The minimum Gasteiger partial charge on any atom is -0.356 e. The number of carbonyl (C=O) groups is 1. The lowest BCUT2D eigenvalue weighted by Gasteiger charge is -2.50. The summed E-state index contributed by atoms with van der Waals surface area (Å²) in [4.78, 5) is 15.0. The molecule has 2 atom stereocenters. The standard InChI is InChI=1S/C18H23N3O2/c1-11-15-9-13(3-4-16(15)23-20-11)10-17(22)19-18-12(2)21-7-5-14(18)6-8-21/h3-4,9,12,14,18H,5-8,10H2,1-2H3,(H,19,22)/t12-,18+/m1/s1. The van der Waals surface area contributed by atoms with Crippen LogP contribution in [-0.4, -0.2) is 41.1 Å². The highest BCUT2D eigenvalue weighted by molar-refractivity contribution is 5.83. The fraction of sp³-hybridized carbons (Fsp3) is 0.556. The van der Waals surface area contributed by atoms with Crippen molar-refractivity contribution in [3.05, 3.63) is 29.5 Å². The number of carbonyl (C=O) groups excluding carboxylic acids is 1. The number of benzene rings is 1. The van der Waals surface area contributed by atoms with Crippen molar-refractivity contribution in [1.82, 2.24) is 15.4 Å². The van der Waals surface area contributed by atoms with E-state index in [0.29, 0.717) is 24.4 Å². The van der Waals surface area contributed by atoms with Crippen LogP contribution in [0.3, 0.4) is 0 Å². The lowest BCUT2D eigenvalue weighted by atomic mass is 9.79. The smallest absolute Gasteiger partial charge is 0.224 e. The monoisotopic (exact) mass is 313 g/mol. The van der Waals surface area contributed by atoms with Gasteiger partial charge in [-0.25, -0.2) is 0 Å². The summed E-state index contributed by atoms with van der Waals surface area (Å²) in [6.45, 7) is 6.52. The second-order valence-corrected chi connectivity index (χ2v) is 6.98. The number of amides is 1. The Labute approximate surface area is 136 Å². The van der Waals surface area contributed by atoms with Gasteiger partial charge >= 0.3 is 0 Å². The fourth-order valence-electron chi connectivity index (χ4n) is 4.18. The molecular formula is C18H23N3O2. The number of piperidine rings is 3. The summed E-state index contributed by atoms with van der Waals surface area (Å²) in [6, 6.07) is 6.61. The van der Waals surface area contributed by atoms with Crippen molar-refractivity contribution in [3.8, 4) is 0 Å². The second kappa shape index (κ2) is 5.64. The minimum atomic E-state index is 0.115. The maximum atomic E-state index is 12.5. The SMILES string of the molecule is Cc1noc2ccc(CC(=O)N[C@@H]3C4CCN(CC4)[C@@H]3C)cc12. The molecule has 1 N–H and O–H groups in total. The van der Waals surface area contributed by atoms with Crippen LogP contribution in [0.2, 0.25) is 0 Å². The minimum absolute atomic E-state index is 0.115. The Balaban J connectivity index is 1.45. The predicted molar refractivity (Wildman–Crippen MR) is 88.1 cm³/mol. The quantitative estimate of drug-likeness (QED) is 0.944. The maximum absolute atomic E-state index is 12.5. The molecule has 0 radical (unpaired) electrons. The molecule has 23 heavy (non-hydrogen) atoms. The normalized spacial score (nSPS) is 29.8. The van der Waals surface area contributed by atoms with Crippen LogP contribution in [-0.2, 0) is 11.2 Å². The van der Waals surface area contributed by atoms with Gasteiger partial charge in [-0.1, -0.05) is 11.2 Å². The molecule has 3 saturated heterocycles. The zero-order chi connectivity index (χ0) is 16.0. The highest BCUT2D eigenvalue weighted by atomic mass is 16.5. The molecule has 5 rings (SSSR count). The van der Waals surface area contributed by atoms with E-state index < -0.39 is 0 Å². The molecule has 2 aromatic rings. The third-order valence-electron chi connectivity index (χ3n) is 5.58. The number of rotatable bonds is 3. The first-order valence-corrected chi connectivity index (χ1v) is 8.50. The average molecular weight is 313 g/mol. The number of hydrogen-bond donors (Lipinski definition) is 1. The van der Waals surface area contributed by atoms with Crippen molar-refractivity contribution in [2.45, 2.75) is 45.2 Å². The van der Waals surface area contributed by atoms with Gasteiger partial charge in [0.25, 0.3) is 0 Å². The molecule has 1 aromatic heterocycles. The van der Waals surface area contributed by atoms with Gasteiger partial charge in [0.1, 0.15) is 0 Å². The molecule has 0 saturated carbocycles. The van der Waals surface area contributed by atoms with Crippen molar-refractivity contribution >= 4 is 16.9 Å². The molecule has 122 valence electrons. The van der Waals surface area contributed by atoms with E-state index in [1.807, 2.05) is 25.1 Å². The maximum Gasteiger partial charge on any atom is 0.224 e. The van der Waals surface area contributed by atoms with E-state index in [-0.39, 0.29) is 5.91 Å². The van der Waals surface area contributed by atoms with Crippen LogP contribution in [0, 0.1) is 12.8 Å². The van der Waals surface area contributed by atoms with Crippen LogP contribution in [0.5, 0.6) is 0 Å². The molecule has 0 aliphatic carbocycles. The van der Waals surface area contributed by atoms with Crippen LogP contribution >= 0.6 is 0 Å². The van der Waals surface area contributed by atoms with E-state index in [1.165, 1.54) is 25.9 Å². The Kier molecular flexibility index (Phi) is 3.60. The van der Waals surface area contributed by atoms with E-state index in [9.17, 15) is 4.79 Å². The highest BCUT2D eigenvalue weighted by Gasteiger charge is 2.40. The number of nitrogens with one attached hydrogen (secondary N) is 1. The van der Waals surface area contributed by atoms with Crippen LogP contribution in [0.1, 0.15) is 31.0 Å². The van der Waals surface area contributed by atoms with Crippen LogP contribution in [0.25, 0.3) is 11.0 Å². The molecule has 5 heteroatoms. The second-order valence-electron chi connectivity index (χ2n) is 6.98. The molecule has 3 aliphatic heterocycles. The summed E-state index contributed by atoms with van der Waals surface area (Å²) in [5.74, 6) is 0.755. The number of nitrogens with zero attached hydrogens (tertiary/aromatic N) is 2. The summed E-state index contributed by atoms with van der Waals surface area (Å²) in [7, 11) is 0. The van der Waals surface area contributed by atoms with Gasteiger partial charge in [0.15, 0.2) is 5.58 Å². The van der Waals surface area contributed by atoms with Gasteiger partial charge in [-0.2, -0.15) is 0 Å². The molecule has 0 spiro atoms. The van der Waals surface area contributed by atoms with Crippen molar-refractivity contribution in [1.29, 1.82) is 0 Å². The number of aromatic nitrogens is 1. The Morgan fingerprint density at radius 3 is 2.91 bits per heavy atom. The lowest BCUT2D eigenvalue weighted by Crippen LogP contribution is -2.62. The third kappa shape index (κ3) is 2.63. The molecule has 1 aromatic carbocycles. The molecule has 4 heterocycles. The van der Waals surface area contributed by atoms with Gasteiger partial charge < -0.3 is 9.84 Å². The first-order valence-electron chi connectivity index (χ1n) is 8.50. The summed E-state index contributed by atoms with van der Waals surface area (Å²) in [6.07, 6.45) is 2.83. The summed E-state index contributed by atoms with van der Waals surface area (Å²) < 4.78 is 5.22. The van der Waals surface area contributed by atoms with Crippen LogP contribution in [0.15, 0.2) is 22.7 Å². The van der Waals surface area contributed by atoms with Crippen molar-refractivity contribution in [3.63, 3.8) is 0 Å². The number of hydrogen-bond acceptors (Lipinski definition) is 4. The zero-order valence-electron chi connectivity index (χ0n) is 13.7. The fourth-order valence-corrected chi connectivity index (χ4v) is 4.18. The van der Waals surface area contributed by atoms with Gasteiger partial charge in [-0.3, -0.25) is 9.69 Å². The van der Waals surface area contributed by atoms with Gasteiger partial charge in [-0.05, 0) is 63.4 Å². The van der Waals surface area contributed by atoms with Crippen LogP contribution in [0.4, 0.5) is 0 Å². The average Bonchev–Trinajstić information content (AvgIpc) is 2.92. The largest absolute Gasteiger partial charge is 0.356 e. The van der Waals surface area contributed by atoms with Gasteiger partial charge in [0.05, 0.1) is 12.1 Å². The zero-order valence-corrected chi connectivity index (χ0v) is 13.7. The molecule has 5 nitrogen and oxygen atoms in total. The highest BCUT2D eigenvalue weighted by Crippen LogP contribution is 2.32. The number of fused-ring (bicyclic) bond motifs is 4. The molecule has 3 aliphatic rings. The van der Waals surface area contributed by atoms with Gasteiger partial charge in [0.2, 0.25) is 5.91 Å². The van der Waals surface area contributed by atoms with E-state index in [0.717, 1.165) is 22.2 Å². The summed E-state index contributed by atoms with van der Waals surface area (Å²) in [5, 5.41) is 8.24. The first kappa shape index (κ1) is 14.7. The summed E-state index contributed by atoms with van der Waals surface area (Å²) in [5.41, 5.74) is 2.65. The van der Waals surface area contributed by atoms with E-state index in [1.54, 1.807) is 0 Å². The van der Waals surface area contributed by atoms with Crippen molar-refractivity contribution < 1.29 is 9.32 Å². The Bertz CT molecular complexity index is 729. The van der Waals surface area contributed by atoms with Crippen LogP contribution < -0.4 is 5.32 Å². The predicted octanol–water partition coefficient (Wildman–Crippen LogP) is 2.28. The van der Waals surface area contributed by atoms with Gasteiger partial charge in [0, 0.05) is 17.5 Å². The molecule has 2 bridgehead atoms. The van der Waals surface area contributed by atoms with E-state index in [2.05, 4.69) is 22.3 Å². The number of aryl methyl sites for hydroxylation is 1. The van der Waals surface area contributed by atoms with Crippen molar-refractivity contribution in [2.24, 2.45) is 5.92 Å². The topological polar surface area (TPSA) is 58.4 Å². The van der Waals surface area contributed by atoms with E-state index >= 15 is 0 Å². The first-order chi connectivity index (χ1) is 11.1. The van der Waals surface area contributed by atoms with Crippen molar-refractivity contribution in [2.75, 3.05) is 13.1 Å². The van der Waals surface area contributed by atoms with E-state index in [4.69, 9.17) is 4.52 Å². The molecule has 3 fully saturated rings. The van der Waals surface area contributed by atoms with Gasteiger partial charge in [-0.15, -0.1) is 0 Å². The molecular weight excluding hydrogens is 290 g/mol. The third-order valence-corrected chi connectivity index (χ3v) is 5.58. The lowest BCUT2D eigenvalue weighted by molar-refractivity contribution is -0.123. The Morgan fingerprint density at radius 2 is 2.17 bits per heavy atom. The molecule has 0 unspecified atom stereocenters. The Hall–Kier alpha value is -1.88. The summed E-state index contributed by atoms with van der Waals surface area (Å²) >= 11 is 0. The Morgan fingerprint density at radius 1 is 1.39 bits per heavy atom.